The predicted octanol–water partition coefficient (Wildman–Crippen LogP) is 1.99. The van der Waals surface area contributed by atoms with Crippen molar-refractivity contribution in [1.82, 2.24) is 14.8 Å². The summed E-state index contributed by atoms with van der Waals surface area (Å²) >= 11 is 0. The maximum atomic E-state index is 11.8. The number of nitrogens with zero attached hydrogens (tertiary/aromatic N) is 3. The molecule has 0 fully saturated rings. The second-order valence-electron chi connectivity index (χ2n) is 4.81. The average Bonchev–Trinajstić information content (AvgIpc) is 2.94. The first kappa shape index (κ1) is 17.0. The highest BCUT2D eigenvalue weighted by Crippen LogP contribution is 2.12. The Labute approximate surface area is 135 Å². The lowest BCUT2D eigenvalue weighted by Crippen LogP contribution is -2.11. The van der Waals surface area contributed by atoms with Gasteiger partial charge in [-0.15, -0.1) is 0 Å². The van der Waals surface area contributed by atoms with Gasteiger partial charge in [0.25, 0.3) is 0 Å². The standard InChI is InChI=1S/C16H21N3O4/c1-4-19-12(2)17-15(18-19)11-22-9-10-23-16(20)13-5-7-14(21-3)8-6-13/h5-8H,4,9-11H2,1-3H3. The zero-order chi connectivity index (χ0) is 16.7. The molecule has 0 atom stereocenters. The van der Waals surface area contributed by atoms with Gasteiger partial charge in [-0.2, -0.15) is 5.10 Å². The Hall–Kier alpha value is -2.41. The average molecular weight is 319 g/mol. The van der Waals surface area contributed by atoms with Crippen LogP contribution in [-0.2, 0) is 22.6 Å². The van der Waals surface area contributed by atoms with E-state index in [1.54, 1.807) is 31.4 Å². The van der Waals surface area contributed by atoms with Crippen LogP contribution in [0.4, 0.5) is 0 Å². The van der Waals surface area contributed by atoms with Gasteiger partial charge in [0.05, 0.1) is 19.3 Å². The molecule has 0 radical (unpaired) electrons. The van der Waals surface area contributed by atoms with Crippen molar-refractivity contribution in [1.29, 1.82) is 0 Å². The van der Waals surface area contributed by atoms with Gasteiger partial charge in [0, 0.05) is 6.54 Å². The highest BCUT2D eigenvalue weighted by molar-refractivity contribution is 5.89. The number of benzene rings is 1. The number of esters is 1. The first-order valence-corrected chi connectivity index (χ1v) is 7.43. The second-order valence-corrected chi connectivity index (χ2v) is 4.81. The van der Waals surface area contributed by atoms with E-state index < -0.39 is 0 Å². The summed E-state index contributed by atoms with van der Waals surface area (Å²) in [5.41, 5.74) is 0.477. The van der Waals surface area contributed by atoms with Crippen molar-refractivity contribution < 1.29 is 19.0 Å². The van der Waals surface area contributed by atoms with Crippen LogP contribution < -0.4 is 4.74 Å². The van der Waals surface area contributed by atoms with Crippen LogP contribution in [0.1, 0.15) is 28.9 Å². The number of carbonyl (C=O) groups excluding carboxylic acids is 1. The van der Waals surface area contributed by atoms with Crippen LogP contribution >= 0.6 is 0 Å². The molecule has 0 aliphatic rings. The molecule has 0 N–H and O–H groups in total. The normalized spacial score (nSPS) is 10.6. The van der Waals surface area contributed by atoms with Crippen LogP contribution in [0.3, 0.4) is 0 Å². The van der Waals surface area contributed by atoms with Gasteiger partial charge in [0.15, 0.2) is 5.82 Å². The Bertz CT molecular complexity index is 637. The maximum absolute atomic E-state index is 11.8. The number of carbonyl (C=O) groups is 1. The quantitative estimate of drug-likeness (QED) is 0.547. The number of hydrogen-bond donors (Lipinski definition) is 0. The van der Waals surface area contributed by atoms with Gasteiger partial charge in [0.2, 0.25) is 0 Å². The fourth-order valence-corrected chi connectivity index (χ4v) is 2.01. The molecule has 1 aromatic heterocycles. The third kappa shape index (κ3) is 4.79. The fraction of sp³-hybridized carbons (Fsp3) is 0.438. The number of aryl methyl sites for hydroxylation is 2. The summed E-state index contributed by atoms with van der Waals surface area (Å²) in [6, 6.07) is 6.74. The SMILES string of the molecule is CCn1nc(COCCOC(=O)c2ccc(OC)cc2)nc1C. The van der Waals surface area contributed by atoms with Crippen molar-refractivity contribution in [2.24, 2.45) is 0 Å². The van der Waals surface area contributed by atoms with E-state index in [4.69, 9.17) is 14.2 Å². The summed E-state index contributed by atoms with van der Waals surface area (Å²) in [4.78, 5) is 16.1. The van der Waals surface area contributed by atoms with E-state index in [2.05, 4.69) is 10.1 Å². The molecule has 0 spiro atoms. The van der Waals surface area contributed by atoms with Crippen LogP contribution in [0.15, 0.2) is 24.3 Å². The third-order valence-electron chi connectivity index (χ3n) is 3.22. The molecule has 124 valence electrons. The Balaban J connectivity index is 1.69. The van der Waals surface area contributed by atoms with Gasteiger partial charge in [0.1, 0.15) is 24.8 Å². The zero-order valence-electron chi connectivity index (χ0n) is 13.6. The highest BCUT2D eigenvalue weighted by atomic mass is 16.6. The minimum Gasteiger partial charge on any atom is -0.497 e. The minimum atomic E-state index is -0.388. The molecule has 1 heterocycles. The summed E-state index contributed by atoms with van der Waals surface area (Å²) in [6.45, 7) is 5.45. The van der Waals surface area contributed by atoms with Gasteiger partial charge in [-0.3, -0.25) is 4.68 Å². The number of rotatable bonds is 8. The van der Waals surface area contributed by atoms with Gasteiger partial charge < -0.3 is 14.2 Å². The van der Waals surface area contributed by atoms with E-state index in [1.165, 1.54) is 0 Å². The van der Waals surface area contributed by atoms with E-state index in [0.29, 0.717) is 30.4 Å². The molecule has 0 saturated heterocycles. The first-order valence-electron chi connectivity index (χ1n) is 7.43. The molecule has 0 saturated carbocycles. The Morgan fingerprint density at radius 2 is 1.96 bits per heavy atom. The van der Waals surface area contributed by atoms with E-state index in [-0.39, 0.29) is 12.6 Å². The zero-order valence-corrected chi connectivity index (χ0v) is 13.6. The highest BCUT2D eigenvalue weighted by Gasteiger charge is 2.08. The van der Waals surface area contributed by atoms with Gasteiger partial charge >= 0.3 is 5.97 Å². The molecular formula is C16H21N3O4. The molecule has 0 amide bonds. The van der Waals surface area contributed by atoms with Crippen LogP contribution in [-0.4, -0.2) is 41.1 Å². The summed E-state index contributed by atoms with van der Waals surface area (Å²) in [5.74, 6) is 1.79. The topological polar surface area (TPSA) is 75.5 Å². The Morgan fingerprint density at radius 1 is 1.22 bits per heavy atom. The molecule has 0 aliphatic carbocycles. The van der Waals surface area contributed by atoms with E-state index in [0.717, 1.165) is 12.4 Å². The fourth-order valence-electron chi connectivity index (χ4n) is 2.01. The van der Waals surface area contributed by atoms with Crippen molar-refractivity contribution >= 4 is 5.97 Å². The van der Waals surface area contributed by atoms with Crippen molar-refractivity contribution in [2.45, 2.75) is 27.0 Å². The third-order valence-corrected chi connectivity index (χ3v) is 3.22. The smallest absolute Gasteiger partial charge is 0.338 e. The molecular weight excluding hydrogens is 298 g/mol. The molecule has 0 bridgehead atoms. The van der Waals surface area contributed by atoms with Crippen molar-refractivity contribution in [3.05, 3.63) is 41.5 Å². The summed E-state index contributed by atoms with van der Waals surface area (Å²) in [6.07, 6.45) is 0. The van der Waals surface area contributed by atoms with E-state index >= 15 is 0 Å². The van der Waals surface area contributed by atoms with Crippen LogP contribution in [0.5, 0.6) is 5.75 Å². The van der Waals surface area contributed by atoms with E-state index in [1.807, 2.05) is 18.5 Å². The lowest BCUT2D eigenvalue weighted by atomic mass is 10.2. The minimum absolute atomic E-state index is 0.179. The van der Waals surface area contributed by atoms with Gasteiger partial charge in [-0.05, 0) is 38.1 Å². The largest absolute Gasteiger partial charge is 0.497 e. The van der Waals surface area contributed by atoms with Gasteiger partial charge in [-0.25, -0.2) is 9.78 Å². The lowest BCUT2D eigenvalue weighted by molar-refractivity contribution is 0.0278. The molecule has 2 aromatic rings. The van der Waals surface area contributed by atoms with Crippen molar-refractivity contribution in [3.63, 3.8) is 0 Å². The van der Waals surface area contributed by atoms with Crippen molar-refractivity contribution in [2.75, 3.05) is 20.3 Å². The van der Waals surface area contributed by atoms with Crippen LogP contribution in [0, 0.1) is 6.92 Å². The van der Waals surface area contributed by atoms with Crippen LogP contribution in [0.25, 0.3) is 0 Å². The molecule has 1 aromatic carbocycles. The summed E-state index contributed by atoms with van der Waals surface area (Å²) in [5, 5.41) is 4.29. The lowest BCUT2D eigenvalue weighted by Gasteiger charge is -2.06. The monoisotopic (exact) mass is 319 g/mol. The molecule has 7 nitrogen and oxygen atoms in total. The van der Waals surface area contributed by atoms with Crippen LogP contribution in [0.2, 0.25) is 0 Å². The molecule has 0 aliphatic heterocycles. The maximum Gasteiger partial charge on any atom is 0.338 e. The predicted molar refractivity (Wildman–Crippen MR) is 83.4 cm³/mol. The summed E-state index contributed by atoms with van der Waals surface area (Å²) in [7, 11) is 1.57. The van der Waals surface area contributed by atoms with E-state index in [9.17, 15) is 4.79 Å². The molecule has 0 unspecified atom stereocenters. The molecule has 23 heavy (non-hydrogen) atoms. The van der Waals surface area contributed by atoms with Crippen molar-refractivity contribution in [3.8, 4) is 5.75 Å². The number of methoxy groups -OCH3 is 1. The number of hydrogen-bond acceptors (Lipinski definition) is 6. The van der Waals surface area contributed by atoms with Gasteiger partial charge in [-0.1, -0.05) is 0 Å². The molecule has 7 heteroatoms. The Morgan fingerprint density at radius 3 is 2.57 bits per heavy atom. The Kier molecular flexibility index (Phi) is 6.10. The molecule has 2 rings (SSSR count). The number of aromatic nitrogens is 3. The first-order chi connectivity index (χ1) is 11.1. The summed E-state index contributed by atoms with van der Waals surface area (Å²) < 4.78 is 17.4. The number of ether oxygens (including phenoxy) is 3. The second kappa shape index (κ2) is 8.28.